The Morgan fingerprint density at radius 3 is 2.64 bits per heavy atom. The van der Waals surface area contributed by atoms with Crippen LogP contribution in [0.3, 0.4) is 0 Å². The lowest BCUT2D eigenvalue weighted by atomic mass is 9.92. The second kappa shape index (κ2) is 8.65. The Morgan fingerprint density at radius 2 is 1.94 bits per heavy atom. The summed E-state index contributed by atoms with van der Waals surface area (Å²) in [5.41, 5.74) is 4.31. The van der Waals surface area contributed by atoms with E-state index >= 15 is 0 Å². The number of rotatable bonds is 8. The van der Waals surface area contributed by atoms with E-state index in [2.05, 4.69) is 40.6 Å². The van der Waals surface area contributed by atoms with Crippen LogP contribution in [0.1, 0.15) is 49.0 Å². The Hall–Kier alpha value is -3.16. The summed E-state index contributed by atoms with van der Waals surface area (Å²) >= 11 is 1.41. The summed E-state index contributed by atoms with van der Waals surface area (Å²) in [5, 5.41) is 12.5. The van der Waals surface area contributed by atoms with Crippen LogP contribution in [0.25, 0.3) is 20.9 Å². The molecule has 2 aromatic carbocycles. The van der Waals surface area contributed by atoms with Crippen molar-refractivity contribution < 1.29 is 14.3 Å². The molecule has 0 amide bonds. The number of carboxylic acid groups (broad SMARTS) is 1. The third-order valence-corrected chi connectivity index (χ3v) is 7.33. The van der Waals surface area contributed by atoms with Crippen molar-refractivity contribution in [3.63, 3.8) is 0 Å². The van der Waals surface area contributed by atoms with Crippen LogP contribution < -0.4 is 5.32 Å². The maximum Gasteiger partial charge on any atom is 0.304 e. The van der Waals surface area contributed by atoms with Gasteiger partial charge in [-0.3, -0.25) is 4.79 Å². The zero-order chi connectivity index (χ0) is 23.0. The van der Waals surface area contributed by atoms with Crippen molar-refractivity contribution >= 4 is 27.7 Å². The molecule has 1 atom stereocenters. The number of thiazole rings is 1. The van der Waals surface area contributed by atoms with E-state index in [0.29, 0.717) is 17.1 Å². The Kier molecular flexibility index (Phi) is 5.68. The van der Waals surface area contributed by atoms with Crippen molar-refractivity contribution in [1.82, 2.24) is 15.3 Å². The van der Waals surface area contributed by atoms with Gasteiger partial charge in [-0.05, 0) is 55.2 Å². The lowest BCUT2D eigenvalue weighted by Gasteiger charge is -2.14. The van der Waals surface area contributed by atoms with E-state index in [1.165, 1.54) is 23.0 Å². The summed E-state index contributed by atoms with van der Waals surface area (Å²) in [6, 6.07) is 19.4. The van der Waals surface area contributed by atoms with E-state index in [9.17, 15) is 9.18 Å². The molecule has 2 aromatic heterocycles. The number of fused-ring (bicyclic) bond motifs is 1. The van der Waals surface area contributed by atoms with Crippen molar-refractivity contribution in [2.45, 2.75) is 37.6 Å². The number of carbonyl (C=O) groups is 1. The first-order chi connectivity index (χ1) is 16.0. The number of aromatic nitrogens is 2. The van der Waals surface area contributed by atoms with E-state index in [-0.39, 0.29) is 23.7 Å². The summed E-state index contributed by atoms with van der Waals surface area (Å²) in [6.45, 7) is 2.22. The van der Waals surface area contributed by atoms with Gasteiger partial charge in [0, 0.05) is 23.6 Å². The van der Waals surface area contributed by atoms with Gasteiger partial charge in [-0.15, -0.1) is 0 Å². The third-order valence-electron chi connectivity index (χ3n) is 6.34. The fraction of sp³-hybridized carbons (Fsp3) is 0.269. The highest BCUT2D eigenvalue weighted by molar-refractivity contribution is 7.21. The first kappa shape index (κ1) is 21.7. The molecular weight excluding hydrogens is 437 g/mol. The van der Waals surface area contributed by atoms with Crippen LogP contribution in [0.5, 0.6) is 0 Å². The van der Waals surface area contributed by atoms with Crippen LogP contribution >= 0.6 is 11.3 Å². The van der Waals surface area contributed by atoms with Crippen LogP contribution in [0.15, 0.2) is 60.7 Å². The molecule has 1 fully saturated rings. The molecule has 7 heteroatoms. The fourth-order valence-corrected chi connectivity index (χ4v) is 5.23. The van der Waals surface area contributed by atoms with Crippen LogP contribution in [0.2, 0.25) is 0 Å². The van der Waals surface area contributed by atoms with Crippen LogP contribution in [0, 0.1) is 5.82 Å². The van der Waals surface area contributed by atoms with Crippen molar-refractivity contribution in [3.8, 4) is 10.6 Å². The van der Waals surface area contributed by atoms with Gasteiger partial charge in [0.1, 0.15) is 21.2 Å². The highest BCUT2D eigenvalue weighted by atomic mass is 32.1. The monoisotopic (exact) mass is 461 g/mol. The topological polar surface area (TPSA) is 75.1 Å². The quantitative estimate of drug-likeness (QED) is 0.352. The van der Waals surface area contributed by atoms with Gasteiger partial charge in [0.05, 0.1) is 12.1 Å². The molecule has 1 aliphatic rings. The molecule has 0 unspecified atom stereocenters. The maximum absolute atomic E-state index is 15.0. The average Bonchev–Trinajstić information content (AvgIpc) is 3.52. The van der Waals surface area contributed by atoms with Gasteiger partial charge in [0.15, 0.2) is 0 Å². The summed E-state index contributed by atoms with van der Waals surface area (Å²) in [6.07, 6.45) is 2.18. The number of carboxylic acids is 1. The third kappa shape index (κ3) is 4.26. The SMILES string of the molecule is C[C@H](NCCC(=O)O)c1ccc(-c2nc3ccc(C4(c5ccccc5)CC4)nc3s2)c(F)c1. The van der Waals surface area contributed by atoms with Crippen molar-refractivity contribution in [2.75, 3.05) is 6.54 Å². The zero-order valence-corrected chi connectivity index (χ0v) is 19.0. The highest BCUT2D eigenvalue weighted by Crippen LogP contribution is 2.53. The van der Waals surface area contributed by atoms with Crippen LogP contribution in [-0.2, 0) is 10.2 Å². The predicted octanol–water partition coefficient (Wildman–Crippen LogP) is 5.70. The minimum atomic E-state index is -0.861. The molecule has 5 nitrogen and oxygen atoms in total. The van der Waals surface area contributed by atoms with E-state index in [0.717, 1.165) is 34.4 Å². The minimum Gasteiger partial charge on any atom is -0.481 e. The molecule has 2 heterocycles. The van der Waals surface area contributed by atoms with Gasteiger partial charge in [0.25, 0.3) is 0 Å². The van der Waals surface area contributed by atoms with Gasteiger partial charge >= 0.3 is 5.97 Å². The number of benzene rings is 2. The second-order valence-electron chi connectivity index (χ2n) is 8.55. The molecule has 0 spiro atoms. The molecule has 0 bridgehead atoms. The summed E-state index contributed by atoms with van der Waals surface area (Å²) in [7, 11) is 0. The van der Waals surface area contributed by atoms with Gasteiger partial charge in [-0.25, -0.2) is 14.4 Å². The normalized spacial score (nSPS) is 15.5. The van der Waals surface area contributed by atoms with Crippen LogP contribution in [-0.4, -0.2) is 27.6 Å². The standard InChI is InChI=1S/C26H24FN3O2S/c1-16(28-14-11-23(31)32)17-7-8-19(20(27)15-17)24-29-21-9-10-22(30-25(21)33-24)26(12-13-26)18-5-3-2-4-6-18/h2-10,15-16,28H,11-14H2,1H3,(H,31,32)/t16-/m0/s1. The van der Waals surface area contributed by atoms with E-state index in [4.69, 9.17) is 10.1 Å². The number of hydrogen-bond acceptors (Lipinski definition) is 5. The first-order valence-corrected chi connectivity index (χ1v) is 11.9. The Bertz CT molecular complexity index is 1320. The molecule has 0 saturated heterocycles. The Labute approximate surface area is 195 Å². The molecule has 0 aliphatic heterocycles. The minimum absolute atomic E-state index is 0.0176. The first-order valence-electron chi connectivity index (χ1n) is 11.0. The second-order valence-corrected chi connectivity index (χ2v) is 9.52. The van der Waals surface area contributed by atoms with Crippen molar-refractivity contribution in [1.29, 1.82) is 0 Å². The smallest absolute Gasteiger partial charge is 0.304 e. The van der Waals surface area contributed by atoms with Gasteiger partial charge in [-0.1, -0.05) is 47.7 Å². The molecule has 1 saturated carbocycles. The molecular formula is C26H24FN3O2S. The molecule has 1 aliphatic carbocycles. The molecule has 0 radical (unpaired) electrons. The van der Waals surface area contributed by atoms with E-state index in [1.54, 1.807) is 6.07 Å². The molecule has 168 valence electrons. The fourth-order valence-electron chi connectivity index (χ4n) is 4.26. The van der Waals surface area contributed by atoms with Crippen molar-refractivity contribution in [3.05, 3.63) is 83.3 Å². The maximum atomic E-state index is 15.0. The molecule has 2 N–H and O–H groups in total. The van der Waals surface area contributed by atoms with Crippen molar-refractivity contribution in [2.24, 2.45) is 0 Å². The van der Waals surface area contributed by atoms with Crippen LogP contribution in [0.4, 0.5) is 4.39 Å². The zero-order valence-electron chi connectivity index (χ0n) is 18.2. The van der Waals surface area contributed by atoms with Gasteiger partial charge in [-0.2, -0.15) is 0 Å². The Balaban J connectivity index is 1.40. The number of nitrogens with one attached hydrogen (secondary N) is 1. The number of aliphatic carboxylic acids is 1. The molecule has 33 heavy (non-hydrogen) atoms. The van der Waals surface area contributed by atoms with Gasteiger partial charge < -0.3 is 10.4 Å². The highest BCUT2D eigenvalue weighted by Gasteiger charge is 2.47. The number of halogens is 1. The Morgan fingerprint density at radius 1 is 1.15 bits per heavy atom. The largest absolute Gasteiger partial charge is 0.481 e. The van der Waals surface area contributed by atoms with Gasteiger partial charge in [0.2, 0.25) is 0 Å². The lowest BCUT2D eigenvalue weighted by Crippen LogP contribution is -2.22. The molecule has 4 aromatic rings. The molecule has 5 rings (SSSR count). The summed E-state index contributed by atoms with van der Waals surface area (Å²) < 4.78 is 15.0. The average molecular weight is 462 g/mol. The van der Waals surface area contributed by atoms with E-state index in [1.807, 2.05) is 25.1 Å². The number of nitrogens with zero attached hydrogens (tertiary/aromatic N) is 2. The number of hydrogen-bond donors (Lipinski definition) is 2. The lowest BCUT2D eigenvalue weighted by molar-refractivity contribution is -0.136. The summed E-state index contributed by atoms with van der Waals surface area (Å²) in [5.74, 6) is -1.21. The predicted molar refractivity (Wildman–Crippen MR) is 128 cm³/mol. The van der Waals surface area contributed by atoms with E-state index < -0.39 is 5.97 Å². The number of pyridine rings is 1. The summed E-state index contributed by atoms with van der Waals surface area (Å²) in [4.78, 5) is 21.1.